The van der Waals surface area contributed by atoms with Crippen LogP contribution in [0.4, 0.5) is 0 Å². The number of hydrogen-bond acceptors (Lipinski definition) is 4. The van der Waals surface area contributed by atoms with E-state index in [4.69, 9.17) is 4.74 Å². The van der Waals surface area contributed by atoms with Gasteiger partial charge < -0.3 is 25.3 Å². The number of aromatic nitrogens is 1. The molecule has 3 aromatic carbocycles. The first-order valence-electron chi connectivity index (χ1n) is 11.0. The van der Waals surface area contributed by atoms with E-state index in [0.29, 0.717) is 17.7 Å². The van der Waals surface area contributed by atoms with E-state index in [0.717, 1.165) is 27.6 Å². The van der Waals surface area contributed by atoms with Crippen molar-refractivity contribution in [3.63, 3.8) is 0 Å². The van der Waals surface area contributed by atoms with Gasteiger partial charge in [0.15, 0.2) is 0 Å². The highest BCUT2D eigenvalue weighted by molar-refractivity contribution is 5.98. The van der Waals surface area contributed by atoms with Crippen molar-refractivity contribution in [3.05, 3.63) is 84.1 Å². The minimum atomic E-state index is -0.465. The highest BCUT2D eigenvalue weighted by atomic mass is 16.5. The van der Waals surface area contributed by atoms with E-state index in [1.807, 2.05) is 56.4 Å². The predicted octanol–water partition coefficient (Wildman–Crippen LogP) is 4.66. The van der Waals surface area contributed by atoms with Crippen molar-refractivity contribution in [2.45, 2.75) is 32.4 Å². The minimum Gasteiger partial charge on any atom is -0.508 e. The van der Waals surface area contributed by atoms with Crippen LogP contribution in [0.25, 0.3) is 22.0 Å². The number of ether oxygens (including phenoxy) is 1. The Morgan fingerprint density at radius 3 is 2.58 bits per heavy atom. The number of nitrogens with one attached hydrogen (secondary N) is 2. The van der Waals surface area contributed by atoms with Crippen LogP contribution in [0.3, 0.4) is 0 Å². The molecule has 6 heteroatoms. The normalized spacial score (nSPS) is 12.1. The number of rotatable bonds is 8. The Bertz CT molecular complexity index is 1260. The van der Waals surface area contributed by atoms with Crippen LogP contribution in [0, 0.1) is 0 Å². The maximum absolute atomic E-state index is 13.3. The number of aliphatic hydroxyl groups is 1. The van der Waals surface area contributed by atoms with Crippen molar-refractivity contribution < 1.29 is 19.7 Å². The van der Waals surface area contributed by atoms with Gasteiger partial charge in [0, 0.05) is 17.1 Å². The fourth-order valence-corrected chi connectivity index (χ4v) is 3.92. The second kappa shape index (κ2) is 9.79. The first-order chi connectivity index (χ1) is 15.9. The van der Waals surface area contributed by atoms with Gasteiger partial charge in [0.2, 0.25) is 0 Å². The van der Waals surface area contributed by atoms with Crippen molar-refractivity contribution in [1.29, 1.82) is 0 Å². The van der Waals surface area contributed by atoms with E-state index in [1.165, 1.54) is 0 Å². The van der Waals surface area contributed by atoms with Gasteiger partial charge in [0.25, 0.3) is 5.91 Å². The Morgan fingerprint density at radius 1 is 1.03 bits per heavy atom. The second-order valence-corrected chi connectivity index (χ2v) is 8.34. The molecule has 0 aliphatic rings. The van der Waals surface area contributed by atoms with Crippen molar-refractivity contribution in [3.8, 4) is 22.6 Å². The van der Waals surface area contributed by atoms with E-state index in [2.05, 4.69) is 10.3 Å². The van der Waals surface area contributed by atoms with Crippen LogP contribution in [0.5, 0.6) is 11.5 Å². The highest BCUT2D eigenvalue weighted by Crippen LogP contribution is 2.29. The number of carbonyl (C=O) groups is 1. The van der Waals surface area contributed by atoms with Gasteiger partial charge in [-0.05, 0) is 67.3 Å². The summed E-state index contributed by atoms with van der Waals surface area (Å²) in [5, 5.41) is 23.9. The number of phenolic OH excluding ortho intramolecular Hbond substituents is 1. The first kappa shape index (κ1) is 22.4. The number of phenols is 1. The van der Waals surface area contributed by atoms with Crippen LogP contribution in [0.1, 0.15) is 29.8 Å². The lowest BCUT2D eigenvalue weighted by atomic mass is 10.0. The van der Waals surface area contributed by atoms with E-state index in [-0.39, 0.29) is 24.4 Å². The van der Waals surface area contributed by atoms with Gasteiger partial charge >= 0.3 is 0 Å². The van der Waals surface area contributed by atoms with Gasteiger partial charge in [0.1, 0.15) is 11.5 Å². The van der Waals surface area contributed by atoms with E-state index in [9.17, 15) is 15.0 Å². The number of amides is 1. The molecule has 0 fully saturated rings. The molecular weight excluding hydrogens is 416 g/mol. The smallest absolute Gasteiger partial charge is 0.255 e. The number of fused-ring (bicyclic) bond motifs is 1. The average Bonchev–Trinajstić information content (AvgIpc) is 3.21. The molecule has 0 unspecified atom stereocenters. The molecule has 0 saturated carbocycles. The molecule has 1 aromatic heterocycles. The number of aromatic amines is 1. The highest BCUT2D eigenvalue weighted by Gasteiger charge is 2.20. The van der Waals surface area contributed by atoms with Crippen LogP contribution in [-0.4, -0.2) is 39.9 Å². The van der Waals surface area contributed by atoms with Gasteiger partial charge in [-0.15, -0.1) is 0 Å². The van der Waals surface area contributed by atoms with Crippen molar-refractivity contribution in [1.82, 2.24) is 10.3 Å². The molecule has 0 radical (unpaired) electrons. The van der Waals surface area contributed by atoms with Crippen LogP contribution in [-0.2, 0) is 6.42 Å². The van der Waals surface area contributed by atoms with Crippen LogP contribution in [0.2, 0.25) is 0 Å². The third kappa shape index (κ3) is 5.18. The topological polar surface area (TPSA) is 94.6 Å². The van der Waals surface area contributed by atoms with Crippen LogP contribution < -0.4 is 10.1 Å². The maximum atomic E-state index is 13.3. The lowest BCUT2D eigenvalue weighted by Gasteiger charge is -2.19. The third-order valence-corrected chi connectivity index (χ3v) is 5.46. The lowest BCUT2D eigenvalue weighted by molar-refractivity contribution is 0.0910. The molecule has 4 N–H and O–H groups in total. The molecule has 1 atom stereocenters. The first-order valence-corrected chi connectivity index (χ1v) is 11.0. The molecule has 0 aliphatic carbocycles. The lowest BCUT2D eigenvalue weighted by Crippen LogP contribution is -2.39. The SMILES string of the molecule is CC(C)Oc1ccc(-c2cccc(O)c2)cc1C(=O)N[C@@H](CO)Cc1c[nH]c2ccccc12. The number of aliphatic hydroxyl groups excluding tert-OH is 1. The Balaban J connectivity index is 1.61. The minimum absolute atomic E-state index is 0.108. The molecule has 1 heterocycles. The Labute approximate surface area is 192 Å². The second-order valence-electron chi connectivity index (χ2n) is 8.34. The van der Waals surface area contributed by atoms with E-state index < -0.39 is 6.04 Å². The van der Waals surface area contributed by atoms with Crippen LogP contribution in [0.15, 0.2) is 72.9 Å². The summed E-state index contributed by atoms with van der Waals surface area (Å²) in [6.07, 6.45) is 2.29. The largest absolute Gasteiger partial charge is 0.508 e. The zero-order valence-corrected chi connectivity index (χ0v) is 18.7. The number of H-pyrrole nitrogens is 1. The van der Waals surface area contributed by atoms with Crippen molar-refractivity contribution in [2.24, 2.45) is 0 Å². The molecule has 6 nitrogen and oxygen atoms in total. The third-order valence-electron chi connectivity index (χ3n) is 5.46. The van der Waals surface area contributed by atoms with Crippen molar-refractivity contribution >= 4 is 16.8 Å². The summed E-state index contributed by atoms with van der Waals surface area (Å²) in [6.45, 7) is 3.61. The molecule has 0 saturated heterocycles. The molecular formula is C27H28N2O4. The summed E-state index contributed by atoms with van der Waals surface area (Å²) >= 11 is 0. The predicted molar refractivity (Wildman–Crippen MR) is 130 cm³/mol. The quantitative estimate of drug-likeness (QED) is 0.318. The summed E-state index contributed by atoms with van der Waals surface area (Å²) in [7, 11) is 0. The molecule has 1 amide bonds. The van der Waals surface area contributed by atoms with E-state index >= 15 is 0 Å². The van der Waals surface area contributed by atoms with Gasteiger partial charge in [-0.3, -0.25) is 4.79 Å². The Morgan fingerprint density at radius 2 is 1.82 bits per heavy atom. The monoisotopic (exact) mass is 444 g/mol. The molecule has 170 valence electrons. The Hall–Kier alpha value is -3.77. The number of para-hydroxylation sites is 1. The number of carbonyl (C=O) groups excluding carboxylic acids is 1. The van der Waals surface area contributed by atoms with Gasteiger partial charge in [-0.1, -0.05) is 36.4 Å². The zero-order chi connectivity index (χ0) is 23.4. The number of aromatic hydroxyl groups is 1. The molecule has 4 aromatic rings. The fourth-order valence-electron chi connectivity index (χ4n) is 3.92. The average molecular weight is 445 g/mol. The van der Waals surface area contributed by atoms with Gasteiger partial charge in [-0.2, -0.15) is 0 Å². The Kier molecular flexibility index (Phi) is 6.66. The summed E-state index contributed by atoms with van der Waals surface area (Å²) in [5.41, 5.74) is 3.99. The molecule has 0 aliphatic heterocycles. The van der Waals surface area contributed by atoms with Gasteiger partial charge in [0.05, 0.1) is 24.3 Å². The number of hydrogen-bond donors (Lipinski definition) is 4. The molecule has 0 spiro atoms. The molecule has 4 rings (SSSR count). The fraction of sp³-hybridized carbons (Fsp3) is 0.222. The summed E-state index contributed by atoms with van der Waals surface area (Å²) in [4.78, 5) is 16.5. The zero-order valence-electron chi connectivity index (χ0n) is 18.7. The van der Waals surface area contributed by atoms with Crippen LogP contribution >= 0.6 is 0 Å². The summed E-state index contributed by atoms with van der Waals surface area (Å²) < 4.78 is 5.88. The maximum Gasteiger partial charge on any atom is 0.255 e. The van der Waals surface area contributed by atoms with Crippen molar-refractivity contribution in [2.75, 3.05) is 6.61 Å². The van der Waals surface area contributed by atoms with E-state index in [1.54, 1.807) is 30.3 Å². The van der Waals surface area contributed by atoms with Gasteiger partial charge in [-0.25, -0.2) is 0 Å². The summed E-state index contributed by atoms with van der Waals surface area (Å²) in [5.74, 6) is 0.293. The molecule has 33 heavy (non-hydrogen) atoms. The molecule has 0 bridgehead atoms. The summed E-state index contributed by atoms with van der Waals surface area (Å²) in [6, 6.07) is 19.7. The standard InChI is InChI=1S/C27H28N2O4/c1-17(2)33-26-11-10-19(18-6-5-7-22(31)13-18)14-24(26)27(32)29-21(16-30)12-20-15-28-25-9-4-3-8-23(20)25/h3-11,13-15,17,21,28,30-31H,12,16H2,1-2H3,(H,29,32)/t21-/m1/s1. The number of benzene rings is 3.